The maximum Gasteiger partial charge on any atom is 0.336 e. The number of ether oxygens (including phenoxy) is 2. The zero-order chi connectivity index (χ0) is 17.3. The van der Waals surface area contributed by atoms with Crippen LogP contribution in [-0.4, -0.2) is 30.4 Å². The van der Waals surface area contributed by atoms with E-state index in [2.05, 4.69) is 0 Å². The molecule has 0 aliphatic carbocycles. The van der Waals surface area contributed by atoms with Gasteiger partial charge < -0.3 is 19.7 Å². The minimum Gasteiger partial charge on any atom is -0.507 e. The van der Waals surface area contributed by atoms with E-state index in [1.54, 1.807) is 49.6 Å². The molecule has 122 valence electrons. The summed E-state index contributed by atoms with van der Waals surface area (Å²) in [7, 11) is 3.11. The van der Waals surface area contributed by atoms with Crippen LogP contribution in [0.25, 0.3) is 21.9 Å². The normalized spacial score (nSPS) is 10.6. The van der Waals surface area contributed by atoms with Gasteiger partial charge in [0, 0.05) is 10.9 Å². The van der Waals surface area contributed by atoms with E-state index >= 15 is 0 Å². The standard InChI is InChI=1S/C19H16O5/c1-23-12-5-3-11(4-6-12)18-14-8-7-13(24-2)9-15(14)17(20)10-16(18)19(21)22/h3-10,20H,1-2H3,(H,21,22). The summed E-state index contributed by atoms with van der Waals surface area (Å²) in [5.41, 5.74) is 1.30. The topological polar surface area (TPSA) is 76.0 Å². The van der Waals surface area contributed by atoms with Gasteiger partial charge in [-0.2, -0.15) is 0 Å². The Morgan fingerprint density at radius 1 is 0.875 bits per heavy atom. The third kappa shape index (κ3) is 2.60. The summed E-state index contributed by atoms with van der Waals surface area (Å²) in [6, 6.07) is 13.6. The third-order valence-electron chi connectivity index (χ3n) is 3.93. The highest BCUT2D eigenvalue weighted by molar-refractivity contribution is 6.10. The molecule has 3 aromatic carbocycles. The van der Waals surface area contributed by atoms with Crippen LogP contribution in [0.15, 0.2) is 48.5 Å². The fourth-order valence-electron chi connectivity index (χ4n) is 2.75. The molecule has 0 bridgehead atoms. The Bertz CT molecular complexity index is 913. The number of aromatic carboxylic acids is 1. The molecule has 0 saturated carbocycles. The zero-order valence-electron chi connectivity index (χ0n) is 13.2. The number of carbonyl (C=O) groups is 1. The molecule has 2 N–H and O–H groups in total. The first-order chi connectivity index (χ1) is 11.5. The first-order valence-electron chi connectivity index (χ1n) is 7.26. The Morgan fingerprint density at radius 3 is 2.08 bits per heavy atom. The molecule has 0 amide bonds. The average Bonchev–Trinajstić information content (AvgIpc) is 2.61. The number of carboxylic acid groups (broad SMARTS) is 1. The second-order valence-corrected chi connectivity index (χ2v) is 5.26. The molecular formula is C19H16O5. The molecule has 0 saturated heterocycles. The fourth-order valence-corrected chi connectivity index (χ4v) is 2.75. The summed E-state index contributed by atoms with van der Waals surface area (Å²) in [6.45, 7) is 0. The van der Waals surface area contributed by atoms with E-state index in [-0.39, 0.29) is 11.3 Å². The van der Waals surface area contributed by atoms with Crippen LogP contribution in [0.1, 0.15) is 10.4 Å². The number of rotatable bonds is 4. The van der Waals surface area contributed by atoms with Crippen LogP contribution in [-0.2, 0) is 0 Å². The van der Waals surface area contributed by atoms with Crippen LogP contribution >= 0.6 is 0 Å². The van der Waals surface area contributed by atoms with Gasteiger partial charge in [-0.25, -0.2) is 4.79 Å². The second-order valence-electron chi connectivity index (χ2n) is 5.26. The molecule has 0 spiro atoms. The quantitative estimate of drug-likeness (QED) is 0.760. The molecule has 0 aliphatic rings. The lowest BCUT2D eigenvalue weighted by Crippen LogP contribution is -2.01. The molecule has 0 aliphatic heterocycles. The van der Waals surface area contributed by atoms with Crippen LogP contribution in [0.5, 0.6) is 17.2 Å². The number of hydrogen-bond donors (Lipinski definition) is 2. The molecule has 0 radical (unpaired) electrons. The monoisotopic (exact) mass is 324 g/mol. The first-order valence-corrected chi connectivity index (χ1v) is 7.26. The van der Waals surface area contributed by atoms with E-state index in [4.69, 9.17) is 9.47 Å². The minimum atomic E-state index is -1.10. The predicted molar refractivity (Wildman–Crippen MR) is 91.1 cm³/mol. The Hall–Kier alpha value is -3.21. The lowest BCUT2D eigenvalue weighted by atomic mass is 9.92. The Labute approximate surface area is 138 Å². The van der Waals surface area contributed by atoms with Crippen molar-refractivity contribution < 1.29 is 24.5 Å². The predicted octanol–water partition coefficient (Wildman–Crippen LogP) is 3.93. The van der Waals surface area contributed by atoms with Crippen molar-refractivity contribution in [2.75, 3.05) is 14.2 Å². The number of carboxylic acids is 1. The van der Waals surface area contributed by atoms with Crippen LogP contribution in [0.2, 0.25) is 0 Å². The summed E-state index contributed by atoms with van der Waals surface area (Å²) < 4.78 is 10.3. The smallest absolute Gasteiger partial charge is 0.336 e. The van der Waals surface area contributed by atoms with Crippen LogP contribution in [0, 0.1) is 0 Å². The van der Waals surface area contributed by atoms with Crippen molar-refractivity contribution in [2.45, 2.75) is 0 Å². The summed E-state index contributed by atoms with van der Waals surface area (Å²) in [5.74, 6) is 0.0642. The highest BCUT2D eigenvalue weighted by Gasteiger charge is 2.18. The number of phenolic OH excluding ortho intramolecular Hbond substituents is 1. The van der Waals surface area contributed by atoms with Crippen molar-refractivity contribution >= 4 is 16.7 Å². The molecule has 0 fully saturated rings. The molecule has 24 heavy (non-hydrogen) atoms. The molecule has 3 aromatic rings. The van der Waals surface area contributed by atoms with Crippen molar-refractivity contribution in [1.82, 2.24) is 0 Å². The summed E-state index contributed by atoms with van der Waals surface area (Å²) >= 11 is 0. The van der Waals surface area contributed by atoms with Gasteiger partial charge in [0.15, 0.2) is 0 Å². The van der Waals surface area contributed by atoms with Crippen LogP contribution in [0.4, 0.5) is 0 Å². The van der Waals surface area contributed by atoms with Gasteiger partial charge in [-0.1, -0.05) is 12.1 Å². The van der Waals surface area contributed by atoms with E-state index in [9.17, 15) is 15.0 Å². The number of hydrogen-bond acceptors (Lipinski definition) is 4. The number of methoxy groups -OCH3 is 2. The number of phenols is 1. The van der Waals surface area contributed by atoms with E-state index in [0.29, 0.717) is 27.8 Å². The highest BCUT2D eigenvalue weighted by Crippen LogP contribution is 2.39. The number of aromatic hydroxyl groups is 1. The SMILES string of the molecule is COc1ccc(-c2c(C(=O)O)cc(O)c3cc(OC)ccc23)cc1. The van der Waals surface area contributed by atoms with E-state index in [0.717, 1.165) is 5.56 Å². The molecule has 0 atom stereocenters. The highest BCUT2D eigenvalue weighted by atomic mass is 16.5. The maximum atomic E-state index is 11.7. The summed E-state index contributed by atoms with van der Waals surface area (Å²) in [5, 5.41) is 21.0. The number of benzene rings is 3. The van der Waals surface area contributed by atoms with E-state index in [1.807, 2.05) is 0 Å². The van der Waals surface area contributed by atoms with Gasteiger partial charge in [-0.3, -0.25) is 0 Å². The first kappa shape index (κ1) is 15.7. The molecule has 3 rings (SSSR count). The van der Waals surface area contributed by atoms with Gasteiger partial charge >= 0.3 is 5.97 Å². The molecule has 0 heterocycles. The third-order valence-corrected chi connectivity index (χ3v) is 3.93. The molecule has 0 unspecified atom stereocenters. The Morgan fingerprint density at radius 2 is 1.50 bits per heavy atom. The van der Waals surface area contributed by atoms with Crippen molar-refractivity contribution in [3.05, 3.63) is 54.1 Å². The Kier molecular flexibility index (Phi) is 4.00. The lowest BCUT2D eigenvalue weighted by molar-refractivity contribution is 0.0697. The number of fused-ring (bicyclic) bond motifs is 1. The molecular weight excluding hydrogens is 308 g/mol. The van der Waals surface area contributed by atoms with Crippen molar-refractivity contribution in [1.29, 1.82) is 0 Å². The van der Waals surface area contributed by atoms with E-state index < -0.39 is 5.97 Å². The summed E-state index contributed by atoms with van der Waals surface area (Å²) in [4.78, 5) is 11.7. The molecule has 5 heteroatoms. The van der Waals surface area contributed by atoms with Crippen molar-refractivity contribution in [3.63, 3.8) is 0 Å². The van der Waals surface area contributed by atoms with Gasteiger partial charge in [0.05, 0.1) is 19.8 Å². The van der Waals surface area contributed by atoms with Crippen LogP contribution in [0.3, 0.4) is 0 Å². The summed E-state index contributed by atoms with van der Waals surface area (Å²) in [6.07, 6.45) is 0. The molecule has 5 nitrogen and oxygen atoms in total. The fraction of sp³-hybridized carbons (Fsp3) is 0.105. The zero-order valence-corrected chi connectivity index (χ0v) is 13.2. The van der Waals surface area contributed by atoms with Crippen LogP contribution < -0.4 is 9.47 Å². The van der Waals surface area contributed by atoms with Gasteiger partial charge in [0.25, 0.3) is 0 Å². The van der Waals surface area contributed by atoms with Crippen molar-refractivity contribution in [3.8, 4) is 28.4 Å². The van der Waals surface area contributed by atoms with E-state index in [1.165, 1.54) is 13.2 Å². The molecule has 0 aromatic heterocycles. The van der Waals surface area contributed by atoms with Gasteiger partial charge in [-0.05, 0) is 47.3 Å². The Balaban J connectivity index is 2.35. The lowest BCUT2D eigenvalue weighted by Gasteiger charge is -2.14. The maximum absolute atomic E-state index is 11.7. The van der Waals surface area contributed by atoms with Gasteiger partial charge in [-0.15, -0.1) is 0 Å². The largest absolute Gasteiger partial charge is 0.507 e. The van der Waals surface area contributed by atoms with Gasteiger partial charge in [0.1, 0.15) is 17.2 Å². The van der Waals surface area contributed by atoms with Gasteiger partial charge in [0.2, 0.25) is 0 Å². The minimum absolute atomic E-state index is 0.0373. The second kappa shape index (κ2) is 6.12. The van der Waals surface area contributed by atoms with Crippen molar-refractivity contribution in [2.24, 2.45) is 0 Å². The average molecular weight is 324 g/mol.